The van der Waals surface area contributed by atoms with Crippen molar-refractivity contribution in [2.75, 3.05) is 0 Å². The zero-order chi connectivity index (χ0) is 12.3. The summed E-state index contributed by atoms with van der Waals surface area (Å²) in [4.78, 5) is 3.65. The topological polar surface area (TPSA) is 50.9 Å². The van der Waals surface area contributed by atoms with Gasteiger partial charge in [-0.1, -0.05) is 6.92 Å². The van der Waals surface area contributed by atoms with Crippen molar-refractivity contribution in [3.05, 3.63) is 47.8 Å². The molecular formula is C12H14FN3O. The first-order valence-corrected chi connectivity index (χ1v) is 5.52. The normalized spacial score (nSPS) is 12.6. The smallest absolute Gasteiger partial charge is 0.147 e. The van der Waals surface area contributed by atoms with Crippen LogP contribution in [0.15, 0.2) is 30.9 Å². The van der Waals surface area contributed by atoms with Crippen molar-refractivity contribution in [3.63, 3.8) is 0 Å². The Bertz CT molecular complexity index is 498. The Balaban J connectivity index is 2.24. The van der Waals surface area contributed by atoms with E-state index >= 15 is 0 Å². The molecule has 0 saturated carbocycles. The quantitative estimate of drug-likeness (QED) is 0.880. The molecule has 0 fully saturated rings. The Morgan fingerprint density at radius 1 is 1.47 bits per heavy atom. The van der Waals surface area contributed by atoms with Gasteiger partial charge in [0.2, 0.25) is 0 Å². The van der Waals surface area contributed by atoms with Gasteiger partial charge in [-0.15, -0.1) is 0 Å². The van der Waals surface area contributed by atoms with E-state index in [-0.39, 0.29) is 5.56 Å². The van der Waals surface area contributed by atoms with Crippen LogP contribution in [0.25, 0.3) is 0 Å². The zero-order valence-electron chi connectivity index (χ0n) is 9.55. The minimum atomic E-state index is -0.997. The van der Waals surface area contributed by atoms with Crippen LogP contribution in [0, 0.1) is 5.82 Å². The van der Waals surface area contributed by atoms with E-state index in [0.29, 0.717) is 5.56 Å². The van der Waals surface area contributed by atoms with Crippen LogP contribution in [-0.2, 0) is 6.54 Å². The molecule has 90 valence electrons. The lowest BCUT2D eigenvalue weighted by Crippen LogP contribution is -2.02. The number of halogens is 1. The number of rotatable bonds is 4. The van der Waals surface area contributed by atoms with Crippen LogP contribution in [0.1, 0.15) is 30.6 Å². The lowest BCUT2D eigenvalue weighted by Gasteiger charge is -2.08. The van der Waals surface area contributed by atoms with Gasteiger partial charge in [0.25, 0.3) is 0 Å². The van der Waals surface area contributed by atoms with E-state index < -0.39 is 11.9 Å². The number of hydrogen-bond acceptors (Lipinski definition) is 3. The molecule has 4 nitrogen and oxygen atoms in total. The van der Waals surface area contributed by atoms with Gasteiger partial charge in [-0.05, 0) is 12.5 Å². The number of aliphatic hydroxyl groups excluding tert-OH is 1. The Morgan fingerprint density at radius 3 is 3.00 bits per heavy atom. The molecule has 2 aromatic rings. The highest BCUT2D eigenvalue weighted by Gasteiger charge is 2.16. The van der Waals surface area contributed by atoms with Crippen LogP contribution in [0.3, 0.4) is 0 Å². The monoisotopic (exact) mass is 235 g/mol. The molecule has 2 heterocycles. The summed E-state index contributed by atoms with van der Waals surface area (Å²) in [6.45, 7) is 2.83. The molecule has 1 unspecified atom stereocenters. The highest BCUT2D eigenvalue weighted by Crippen LogP contribution is 2.22. The molecule has 0 aliphatic heterocycles. The molecule has 0 saturated heterocycles. The fourth-order valence-electron chi connectivity index (χ4n) is 1.66. The maximum atomic E-state index is 13.4. The summed E-state index contributed by atoms with van der Waals surface area (Å²) in [5.41, 5.74) is 0.805. The number of nitrogens with zero attached hydrogens (tertiary/aromatic N) is 3. The Labute approximate surface area is 98.7 Å². The lowest BCUT2D eigenvalue weighted by molar-refractivity contribution is 0.214. The van der Waals surface area contributed by atoms with Gasteiger partial charge in [-0.2, -0.15) is 5.10 Å². The number of pyridine rings is 1. The number of aliphatic hydroxyl groups is 1. The molecule has 0 bridgehead atoms. The fourth-order valence-corrected chi connectivity index (χ4v) is 1.66. The molecule has 1 atom stereocenters. The van der Waals surface area contributed by atoms with E-state index in [2.05, 4.69) is 10.1 Å². The first-order chi connectivity index (χ1) is 8.22. The van der Waals surface area contributed by atoms with E-state index in [1.54, 1.807) is 17.1 Å². The summed E-state index contributed by atoms with van der Waals surface area (Å²) < 4.78 is 15.2. The molecule has 1 N–H and O–H groups in total. The van der Waals surface area contributed by atoms with Gasteiger partial charge in [-0.25, -0.2) is 4.39 Å². The fraction of sp³-hybridized carbons (Fsp3) is 0.333. The zero-order valence-corrected chi connectivity index (χ0v) is 9.55. The maximum Gasteiger partial charge on any atom is 0.147 e. The van der Waals surface area contributed by atoms with E-state index in [9.17, 15) is 9.50 Å². The van der Waals surface area contributed by atoms with E-state index in [1.165, 1.54) is 12.3 Å². The molecule has 2 aromatic heterocycles. The summed E-state index contributed by atoms with van der Waals surface area (Å²) >= 11 is 0. The van der Waals surface area contributed by atoms with Crippen LogP contribution >= 0.6 is 0 Å². The summed E-state index contributed by atoms with van der Waals surface area (Å²) in [6, 6.07) is 1.47. The van der Waals surface area contributed by atoms with Crippen molar-refractivity contribution in [1.82, 2.24) is 14.8 Å². The Hall–Kier alpha value is -1.75. The third-order valence-corrected chi connectivity index (χ3v) is 2.52. The van der Waals surface area contributed by atoms with Crippen molar-refractivity contribution < 1.29 is 9.50 Å². The van der Waals surface area contributed by atoms with Crippen LogP contribution in [-0.4, -0.2) is 19.9 Å². The van der Waals surface area contributed by atoms with Crippen LogP contribution < -0.4 is 0 Å². The minimum Gasteiger partial charge on any atom is -0.383 e. The molecule has 0 aromatic carbocycles. The standard InChI is InChI=1S/C12H14FN3O/c1-2-5-16-8-9(6-15-16)12(17)10-3-4-14-7-11(10)13/h3-4,6-8,12,17H,2,5H2,1H3. The van der Waals surface area contributed by atoms with Gasteiger partial charge in [0.15, 0.2) is 0 Å². The van der Waals surface area contributed by atoms with Crippen molar-refractivity contribution >= 4 is 0 Å². The van der Waals surface area contributed by atoms with Gasteiger partial charge in [-0.3, -0.25) is 9.67 Å². The summed E-state index contributed by atoms with van der Waals surface area (Å²) in [6.07, 6.45) is 5.80. The number of aromatic nitrogens is 3. The summed E-state index contributed by atoms with van der Waals surface area (Å²) in [5, 5.41) is 14.1. The SMILES string of the molecule is CCCn1cc(C(O)c2ccncc2F)cn1. The second kappa shape index (κ2) is 5.05. The van der Waals surface area contributed by atoms with Gasteiger partial charge in [0, 0.05) is 30.1 Å². The van der Waals surface area contributed by atoms with E-state index in [4.69, 9.17) is 0 Å². The van der Waals surface area contributed by atoms with Crippen molar-refractivity contribution in [2.45, 2.75) is 26.0 Å². The van der Waals surface area contributed by atoms with Crippen molar-refractivity contribution in [2.24, 2.45) is 0 Å². The molecule has 17 heavy (non-hydrogen) atoms. The van der Waals surface area contributed by atoms with E-state index in [0.717, 1.165) is 19.2 Å². The maximum absolute atomic E-state index is 13.4. The first kappa shape index (κ1) is 11.7. The Morgan fingerprint density at radius 2 is 2.29 bits per heavy atom. The summed E-state index contributed by atoms with van der Waals surface area (Å²) in [5.74, 6) is -0.511. The highest BCUT2D eigenvalue weighted by atomic mass is 19.1. The molecule has 0 spiro atoms. The van der Waals surface area contributed by atoms with Crippen LogP contribution in [0.4, 0.5) is 4.39 Å². The molecule has 2 rings (SSSR count). The Kier molecular flexibility index (Phi) is 3.49. The van der Waals surface area contributed by atoms with Crippen LogP contribution in [0.5, 0.6) is 0 Å². The predicted molar refractivity (Wildman–Crippen MR) is 60.8 cm³/mol. The lowest BCUT2D eigenvalue weighted by atomic mass is 10.1. The molecular weight excluding hydrogens is 221 g/mol. The van der Waals surface area contributed by atoms with Gasteiger partial charge in [0.05, 0.1) is 12.4 Å². The molecule has 0 radical (unpaired) electrons. The largest absolute Gasteiger partial charge is 0.383 e. The molecule has 0 amide bonds. The third-order valence-electron chi connectivity index (χ3n) is 2.52. The van der Waals surface area contributed by atoms with E-state index in [1.807, 2.05) is 6.92 Å². The third kappa shape index (κ3) is 2.50. The van der Waals surface area contributed by atoms with Crippen molar-refractivity contribution in [3.8, 4) is 0 Å². The van der Waals surface area contributed by atoms with Gasteiger partial charge < -0.3 is 5.11 Å². The average Bonchev–Trinajstić information content (AvgIpc) is 2.78. The van der Waals surface area contributed by atoms with Gasteiger partial charge in [0.1, 0.15) is 11.9 Å². The molecule has 0 aliphatic rings. The number of hydrogen-bond donors (Lipinski definition) is 1. The second-order valence-corrected chi connectivity index (χ2v) is 3.84. The molecule has 0 aliphatic carbocycles. The summed E-state index contributed by atoms with van der Waals surface area (Å²) in [7, 11) is 0. The molecule has 5 heteroatoms. The van der Waals surface area contributed by atoms with Crippen molar-refractivity contribution in [1.29, 1.82) is 0 Å². The average molecular weight is 235 g/mol. The number of aryl methyl sites for hydroxylation is 1. The van der Waals surface area contributed by atoms with Crippen LogP contribution in [0.2, 0.25) is 0 Å². The first-order valence-electron chi connectivity index (χ1n) is 5.52. The second-order valence-electron chi connectivity index (χ2n) is 3.84. The minimum absolute atomic E-state index is 0.219. The highest BCUT2D eigenvalue weighted by molar-refractivity contribution is 5.26. The van der Waals surface area contributed by atoms with Gasteiger partial charge >= 0.3 is 0 Å². The predicted octanol–water partition coefficient (Wildman–Crippen LogP) is 1.91.